The van der Waals surface area contributed by atoms with Crippen LogP contribution >= 0.6 is 0 Å². The topological polar surface area (TPSA) is 34.1 Å². The summed E-state index contributed by atoms with van der Waals surface area (Å²) in [5.41, 5.74) is 3.55. The second kappa shape index (κ2) is 7.87. The number of carbonyl (C=O) groups excluding carboxylic acids is 2. The molecule has 0 aromatic heterocycles. The number of Topliss-reactive ketones (excluding diaryl/α,β-unsaturated/α-hetero) is 2. The van der Waals surface area contributed by atoms with E-state index >= 15 is 0 Å². The fourth-order valence-electron chi connectivity index (χ4n) is 2.67. The van der Waals surface area contributed by atoms with Gasteiger partial charge in [-0.05, 0) is 36.8 Å². The molecular weight excluding hydrogens is 284 g/mol. The van der Waals surface area contributed by atoms with Gasteiger partial charge in [-0.15, -0.1) is 0 Å². The summed E-state index contributed by atoms with van der Waals surface area (Å²) in [5, 5.41) is 0. The van der Waals surface area contributed by atoms with Crippen LogP contribution in [-0.2, 0) is 6.42 Å². The third-order valence-corrected chi connectivity index (χ3v) is 4.41. The van der Waals surface area contributed by atoms with Gasteiger partial charge in [-0.25, -0.2) is 0 Å². The van der Waals surface area contributed by atoms with Gasteiger partial charge in [0.15, 0.2) is 11.6 Å². The van der Waals surface area contributed by atoms with E-state index in [0.717, 1.165) is 12.0 Å². The SMILES string of the molecule is CCC(C)c1ccc(CCC(=O)c2ccccc2C(C)=O)cc1. The highest BCUT2D eigenvalue weighted by atomic mass is 16.1. The summed E-state index contributed by atoms with van der Waals surface area (Å²) in [6.45, 7) is 5.90. The normalized spacial score (nSPS) is 12.0. The van der Waals surface area contributed by atoms with E-state index in [1.54, 1.807) is 24.3 Å². The van der Waals surface area contributed by atoms with Gasteiger partial charge in [0.05, 0.1) is 0 Å². The second-order valence-corrected chi connectivity index (χ2v) is 6.08. The van der Waals surface area contributed by atoms with Crippen LogP contribution in [-0.4, -0.2) is 11.6 Å². The Morgan fingerprint density at radius 1 is 0.957 bits per heavy atom. The Hall–Kier alpha value is -2.22. The predicted molar refractivity (Wildman–Crippen MR) is 94.2 cm³/mol. The third-order valence-electron chi connectivity index (χ3n) is 4.41. The number of hydrogen-bond donors (Lipinski definition) is 0. The molecule has 0 N–H and O–H groups in total. The quantitative estimate of drug-likeness (QED) is 0.657. The highest BCUT2D eigenvalue weighted by Crippen LogP contribution is 2.20. The maximum Gasteiger partial charge on any atom is 0.163 e. The molecule has 1 unspecified atom stereocenters. The van der Waals surface area contributed by atoms with Crippen LogP contribution in [0.3, 0.4) is 0 Å². The Labute approximate surface area is 138 Å². The molecule has 0 amide bonds. The summed E-state index contributed by atoms with van der Waals surface area (Å²) in [5.74, 6) is 0.529. The maximum absolute atomic E-state index is 12.4. The van der Waals surface area contributed by atoms with Crippen molar-refractivity contribution < 1.29 is 9.59 Å². The van der Waals surface area contributed by atoms with Crippen molar-refractivity contribution in [3.63, 3.8) is 0 Å². The molecule has 0 aliphatic carbocycles. The summed E-state index contributed by atoms with van der Waals surface area (Å²) in [6, 6.07) is 15.6. The molecule has 2 nitrogen and oxygen atoms in total. The Morgan fingerprint density at radius 2 is 1.57 bits per heavy atom. The van der Waals surface area contributed by atoms with Crippen LogP contribution < -0.4 is 0 Å². The van der Waals surface area contributed by atoms with Crippen molar-refractivity contribution in [2.75, 3.05) is 0 Å². The minimum absolute atomic E-state index is 0.0294. The first kappa shape index (κ1) is 17.1. The molecule has 0 heterocycles. The zero-order chi connectivity index (χ0) is 16.8. The number of aryl methyl sites for hydroxylation is 1. The number of rotatable bonds is 7. The molecule has 0 aliphatic heterocycles. The van der Waals surface area contributed by atoms with Crippen molar-refractivity contribution in [3.8, 4) is 0 Å². The molecule has 120 valence electrons. The van der Waals surface area contributed by atoms with Crippen molar-refractivity contribution in [2.24, 2.45) is 0 Å². The molecule has 2 heteroatoms. The molecule has 0 aliphatic rings. The molecule has 0 spiro atoms. The number of hydrogen-bond acceptors (Lipinski definition) is 2. The first-order valence-corrected chi connectivity index (χ1v) is 8.25. The third kappa shape index (κ3) is 4.38. The van der Waals surface area contributed by atoms with Crippen LogP contribution in [0.15, 0.2) is 48.5 Å². The number of benzene rings is 2. The smallest absolute Gasteiger partial charge is 0.163 e. The van der Waals surface area contributed by atoms with Gasteiger partial charge < -0.3 is 0 Å². The van der Waals surface area contributed by atoms with Crippen LogP contribution in [0.2, 0.25) is 0 Å². The molecule has 23 heavy (non-hydrogen) atoms. The van der Waals surface area contributed by atoms with Gasteiger partial charge in [0.25, 0.3) is 0 Å². The Morgan fingerprint density at radius 3 is 2.13 bits per heavy atom. The molecule has 1 atom stereocenters. The van der Waals surface area contributed by atoms with Crippen molar-refractivity contribution >= 4 is 11.6 Å². The molecule has 2 rings (SSSR count). The van der Waals surface area contributed by atoms with Crippen molar-refractivity contribution in [2.45, 2.75) is 46.0 Å². The zero-order valence-electron chi connectivity index (χ0n) is 14.1. The molecule has 2 aromatic carbocycles. The first-order valence-electron chi connectivity index (χ1n) is 8.25. The largest absolute Gasteiger partial charge is 0.294 e. The minimum atomic E-state index is -0.0631. The zero-order valence-corrected chi connectivity index (χ0v) is 14.1. The molecule has 0 fully saturated rings. The average Bonchev–Trinajstić information content (AvgIpc) is 2.59. The van der Waals surface area contributed by atoms with E-state index in [1.807, 2.05) is 0 Å². The maximum atomic E-state index is 12.4. The first-order chi connectivity index (χ1) is 11.0. The molecule has 0 saturated carbocycles. The lowest BCUT2D eigenvalue weighted by atomic mass is 9.94. The van der Waals surface area contributed by atoms with Crippen LogP contribution in [0, 0.1) is 0 Å². The van der Waals surface area contributed by atoms with Gasteiger partial charge in [-0.2, -0.15) is 0 Å². The Bertz CT molecular complexity index is 683. The summed E-state index contributed by atoms with van der Waals surface area (Å²) in [4.78, 5) is 24.0. The van der Waals surface area contributed by atoms with Gasteiger partial charge in [0.1, 0.15) is 0 Å². The van der Waals surface area contributed by atoms with Gasteiger partial charge >= 0.3 is 0 Å². The lowest BCUT2D eigenvalue weighted by Crippen LogP contribution is -2.08. The molecule has 2 aromatic rings. The van der Waals surface area contributed by atoms with E-state index in [-0.39, 0.29) is 11.6 Å². The van der Waals surface area contributed by atoms with Gasteiger partial charge in [0, 0.05) is 17.5 Å². The predicted octanol–water partition coefficient (Wildman–Crippen LogP) is 5.22. The van der Waals surface area contributed by atoms with E-state index in [4.69, 9.17) is 0 Å². The van der Waals surface area contributed by atoms with E-state index in [0.29, 0.717) is 29.9 Å². The highest BCUT2D eigenvalue weighted by Gasteiger charge is 2.13. The Balaban J connectivity index is 2.04. The summed E-state index contributed by atoms with van der Waals surface area (Å²) < 4.78 is 0. The van der Waals surface area contributed by atoms with Gasteiger partial charge in [0.2, 0.25) is 0 Å². The van der Waals surface area contributed by atoms with Crippen molar-refractivity contribution in [1.82, 2.24) is 0 Å². The lowest BCUT2D eigenvalue weighted by molar-refractivity contribution is 0.0962. The number of carbonyl (C=O) groups is 2. The van der Waals surface area contributed by atoms with Crippen molar-refractivity contribution in [3.05, 3.63) is 70.8 Å². The molecule has 0 bridgehead atoms. The molecule has 0 radical (unpaired) electrons. The van der Waals surface area contributed by atoms with E-state index in [1.165, 1.54) is 12.5 Å². The Kier molecular flexibility index (Phi) is 5.86. The van der Waals surface area contributed by atoms with Crippen LogP contribution in [0.5, 0.6) is 0 Å². The minimum Gasteiger partial charge on any atom is -0.294 e. The lowest BCUT2D eigenvalue weighted by Gasteiger charge is -2.10. The molecular formula is C21H24O2. The summed E-state index contributed by atoms with van der Waals surface area (Å²) in [7, 11) is 0. The number of ketones is 2. The summed E-state index contributed by atoms with van der Waals surface area (Å²) >= 11 is 0. The van der Waals surface area contributed by atoms with Crippen LogP contribution in [0.1, 0.15) is 71.4 Å². The summed E-state index contributed by atoms with van der Waals surface area (Å²) in [6.07, 6.45) is 2.25. The van der Waals surface area contributed by atoms with Crippen molar-refractivity contribution in [1.29, 1.82) is 0 Å². The fourth-order valence-corrected chi connectivity index (χ4v) is 2.67. The average molecular weight is 308 g/mol. The van der Waals surface area contributed by atoms with E-state index in [9.17, 15) is 9.59 Å². The fraction of sp³-hybridized carbons (Fsp3) is 0.333. The second-order valence-electron chi connectivity index (χ2n) is 6.08. The van der Waals surface area contributed by atoms with E-state index in [2.05, 4.69) is 38.1 Å². The van der Waals surface area contributed by atoms with E-state index < -0.39 is 0 Å². The molecule has 0 saturated heterocycles. The van der Waals surface area contributed by atoms with Gasteiger partial charge in [-0.3, -0.25) is 9.59 Å². The highest BCUT2D eigenvalue weighted by molar-refractivity contribution is 6.08. The standard InChI is InChI=1S/C21H24O2/c1-4-15(2)18-12-9-17(10-13-18)11-14-21(23)20-8-6-5-7-19(20)16(3)22/h5-10,12-13,15H,4,11,14H2,1-3H3. The van der Waals surface area contributed by atoms with Crippen LogP contribution in [0.25, 0.3) is 0 Å². The monoisotopic (exact) mass is 308 g/mol. The van der Waals surface area contributed by atoms with Crippen LogP contribution in [0.4, 0.5) is 0 Å². The van der Waals surface area contributed by atoms with Gasteiger partial charge in [-0.1, -0.05) is 62.4 Å².